The number of amides is 2. The van der Waals surface area contributed by atoms with Crippen LogP contribution in [0.5, 0.6) is 0 Å². The molecular formula is C20H21N3O2S. The molecule has 26 heavy (non-hydrogen) atoms. The number of anilines is 1. The monoisotopic (exact) mass is 367 g/mol. The Morgan fingerprint density at radius 2 is 1.85 bits per heavy atom. The highest BCUT2D eigenvalue weighted by Crippen LogP contribution is 2.25. The van der Waals surface area contributed by atoms with E-state index in [0.29, 0.717) is 5.17 Å². The van der Waals surface area contributed by atoms with Gasteiger partial charge in [-0.15, -0.1) is 0 Å². The van der Waals surface area contributed by atoms with Gasteiger partial charge in [-0.2, -0.15) is 0 Å². The maximum absolute atomic E-state index is 12.5. The van der Waals surface area contributed by atoms with Gasteiger partial charge in [-0.25, -0.2) is 4.99 Å². The van der Waals surface area contributed by atoms with Crippen molar-refractivity contribution in [2.75, 3.05) is 5.32 Å². The molecule has 0 spiro atoms. The molecule has 0 aliphatic carbocycles. The Morgan fingerprint density at radius 1 is 1.12 bits per heavy atom. The first-order valence-electron chi connectivity index (χ1n) is 8.41. The van der Waals surface area contributed by atoms with Gasteiger partial charge in [0.15, 0.2) is 5.17 Å². The number of carbonyl (C=O) groups is 2. The summed E-state index contributed by atoms with van der Waals surface area (Å²) in [6, 6.07) is 13.4. The van der Waals surface area contributed by atoms with Gasteiger partial charge in [0.2, 0.25) is 11.8 Å². The van der Waals surface area contributed by atoms with E-state index in [1.165, 1.54) is 17.3 Å². The second kappa shape index (κ2) is 7.74. The first-order valence-corrected chi connectivity index (χ1v) is 9.28. The van der Waals surface area contributed by atoms with Crippen molar-refractivity contribution in [3.05, 3.63) is 59.2 Å². The van der Waals surface area contributed by atoms with Crippen LogP contribution < -0.4 is 10.6 Å². The second-order valence-corrected chi connectivity index (χ2v) is 7.59. The van der Waals surface area contributed by atoms with Crippen molar-refractivity contribution in [2.24, 2.45) is 4.99 Å². The first-order chi connectivity index (χ1) is 12.4. The maximum atomic E-state index is 12.5. The summed E-state index contributed by atoms with van der Waals surface area (Å²) in [5.74, 6) is -0.392. The Bertz CT molecular complexity index is 875. The molecule has 5 nitrogen and oxygen atoms in total. The highest BCUT2D eigenvalue weighted by atomic mass is 32.2. The zero-order valence-corrected chi connectivity index (χ0v) is 15.8. The number of thioether (sulfide) groups is 1. The summed E-state index contributed by atoms with van der Waals surface area (Å²) in [7, 11) is 0. The molecule has 2 N–H and O–H groups in total. The van der Waals surface area contributed by atoms with Crippen molar-refractivity contribution in [2.45, 2.75) is 32.4 Å². The standard InChI is InChI=1S/C20H21N3O2S/c1-12-4-7-15(8-5-12)21-19(25)17-11-18(24)23-20(26-17)22-16-9-6-13(2)14(3)10-16/h4-10,17H,11H2,1-3H3,(H,21,25)(H,22,23,24)/t17-/m1/s1. The van der Waals surface area contributed by atoms with Crippen molar-refractivity contribution in [3.63, 3.8) is 0 Å². The Balaban J connectivity index is 1.73. The summed E-state index contributed by atoms with van der Waals surface area (Å²) in [6.45, 7) is 6.04. The molecule has 2 aromatic carbocycles. The van der Waals surface area contributed by atoms with E-state index in [1.54, 1.807) is 0 Å². The number of amidine groups is 1. The maximum Gasteiger partial charge on any atom is 0.238 e. The van der Waals surface area contributed by atoms with Crippen LogP contribution in [0.25, 0.3) is 0 Å². The normalized spacial score (nSPS) is 18.5. The van der Waals surface area contributed by atoms with E-state index < -0.39 is 5.25 Å². The summed E-state index contributed by atoms with van der Waals surface area (Å²) in [6.07, 6.45) is 0.133. The predicted molar refractivity (Wildman–Crippen MR) is 107 cm³/mol. The quantitative estimate of drug-likeness (QED) is 0.865. The third kappa shape index (κ3) is 4.52. The van der Waals surface area contributed by atoms with Crippen LogP contribution in [-0.4, -0.2) is 22.2 Å². The molecule has 1 heterocycles. The van der Waals surface area contributed by atoms with E-state index in [1.807, 2.05) is 63.2 Å². The van der Waals surface area contributed by atoms with Crippen molar-refractivity contribution in [1.82, 2.24) is 5.32 Å². The molecule has 0 unspecified atom stereocenters. The molecule has 0 saturated carbocycles. The lowest BCUT2D eigenvalue weighted by Gasteiger charge is -2.22. The molecule has 0 aromatic heterocycles. The highest BCUT2D eigenvalue weighted by molar-refractivity contribution is 8.15. The van der Waals surface area contributed by atoms with Crippen LogP contribution in [0, 0.1) is 20.8 Å². The average Bonchev–Trinajstić information content (AvgIpc) is 2.59. The fourth-order valence-electron chi connectivity index (χ4n) is 2.52. The van der Waals surface area contributed by atoms with E-state index in [-0.39, 0.29) is 18.2 Å². The number of aryl methyl sites for hydroxylation is 3. The molecule has 1 fully saturated rings. The summed E-state index contributed by atoms with van der Waals surface area (Å²) in [4.78, 5) is 29.0. The molecule has 134 valence electrons. The van der Waals surface area contributed by atoms with E-state index in [4.69, 9.17) is 0 Å². The Morgan fingerprint density at radius 3 is 2.54 bits per heavy atom. The van der Waals surface area contributed by atoms with E-state index in [0.717, 1.165) is 22.5 Å². The van der Waals surface area contributed by atoms with Gasteiger partial charge < -0.3 is 10.6 Å². The van der Waals surface area contributed by atoms with Gasteiger partial charge in [-0.05, 0) is 56.2 Å². The number of nitrogens with one attached hydrogen (secondary N) is 2. The van der Waals surface area contributed by atoms with Gasteiger partial charge in [-0.3, -0.25) is 9.59 Å². The van der Waals surface area contributed by atoms with Crippen molar-refractivity contribution >= 4 is 40.1 Å². The molecule has 1 aliphatic rings. The summed E-state index contributed by atoms with van der Waals surface area (Å²) >= 11 is 1.28. The Labute approximate surface area is 157 Å². The van der Waals surface area contributed by atoms with Crippen LogP contribution in [0.2, 0.25) is 0 Å². The molecule has 6 heteroatoms. The number of benzene rings is 2. The van der Waals surface area contributed by atoms with Crippen molar-refractivity contribution in [3.8, 4) is 0 Å². The molecule has 2 amide bonds. The van der Waals surface area contributed by atoms with Gasteiger partial charge in [0.1, 0.15) is 5.25 Å². The van der Waals surface area contributed by atoms with Crippen LogP contribution in [0.3, 0.4) is 0 Å². The largest absolute Gasteiger partial charge is 0.325 e. The Hall–Kier alpha value is -2.60. The number of aliphatic imine (C=N–C) groups is 1. The topological polar surface area (TPSA) is 70.6 Å². The minimum Gasteiger partial charge on any atom is -0.325 e. The lowest BCUT2D eigenvalue weighted by molar-refractivity contribution is -0.123. The minimum atomic E-state index is -0.504. The average molecular weight is 367 g/mol. The molecule has 1 aliphatic heterocycles. The summed E-state index contributed by atoms with van der Waals surface area (Å²) in [5, 5.41) is 5.56. The zero-order chi connectivity index (χ0) is 18.7. The van der Waals surface area contributed by atoms with Crippen LogP contribution in [0.1, 0.15) is 23.1 Å². The number of hydrogen-bond acceptors (Lipinski definition) is 4. The highest BCUT2D eigenvalue weighted by Gasteiger charge is 2.30. The zero-order valence-electron chi connectivity index (χ0n) is 15.0. The SMILES string of the molecule is Cc1ccc(NC(=O)[C@H]2CC(=O)NC(=Nc3ccc(C)c(C)c3)S2)cc1. The van der Waals surface area contributed by atoms with Gasteiger partial charge >= 0.3 is 0 Å². The number of nitrogens with zero attached hydrogens (tertiary/aromatic N) is 1. The molecule has 0 radical (unpaired) electrons. The lowest BCUT2D eigenvalue weighted by Crippen LogP contribution is -2.41. The summed E-state index contributed by atoms with van der Waals surface area (Å²) < 4.78 is 0. The Kier molecular flexibility index (Phi) is 5.42. The van der Waals surface area contributed by atoms with Crippen molar-refractivity contribution in [1.29, 1.82) is 0 Å². The fourth-order valence-corrected chi connectivity index (χ4v) is 3.52. The fraction of sp³-hybridized carbons (Fsp3) is 0.250. The summed E-state index contributed by atoms with van der Waals surface area (Å²) in [5.41, 5.74) is 4.92. The van der Waals surface area contributed by atoms with Gasteiger partial charge in [0.05, 0.1) is 5.69 Å². The molecular weight excluding hydrogens is 346 g/mol. The third-order valence-electron chi connectivity index (χ3n) is 4.20. The molecule has 2 aromatic rings. The molecule has 1 saturated heterocycles. The minimum absolute atomic E-state index is 0.133. The van der Waals surface area contributed by atoms with Crippen LogP contribution >= 0.6 is 11.8 Å². The van der Waals surface area contributed by atoms with E-state index >= 15 is 0 Å². The molecule has 0 bridgehead atoms. The molecule has 3 rings (SSSR count). The first kappa shape index (κ1) is 18.2. The van der Waals surface area contributed by atoms with Gasteiger partial charge in [-0.1, -0.05) is 35.5 Å². The number of hydrogen-bond donors (Lipinski definition) is 2. The second-order valence-electron chi connectivity index (χ2n) is 6.40. The number of rotatable bonds is 3. The van der Waals surface area contributed by atoms with Crippen LogP contribution in [-0.2, 0) is 9.59 Å². The third-order valence-corrected chi connectivity index (χ3v) is 5.29. The molecule has 1 atom stereocenters. The van der Waals surface area contributed by atoms with Gasteiger partial charge in [0, 0.05) is 12.1 Å². The van der Waals surface area contributed by atoms with Crippen LogP contribution in [0.15, 0.2) is 47.5 Å². The van der Waals surface area contributed by atoms with Gasteiger partial charge in [0.25, 0.3) is 0 Å². The smallest absolute Gasteiger partial charge is 0.238 e. The van der Waals surface area contributed by atoms with Crippen LogP contribution in [0.4, 0.5) is 11.4 Å². The lowest BCUT2D eigenvalue weighted by atomic mass is 10.1. The van der Waals surface area contributed by atoms with E-state index in [2.05, 4.69) is 15.6 Å². The van der Waals surface area contributed by atoms with E-state index in [9.17, 15) is 9.59 Å². The predicted octanol–water partition coefficient (Wildman–Crippen LogP) is 3.86. The van der Waals surface area contributed by atoms with Crippen molar-refractivity contribution < 1.29 is 9.59 Å². The number of carbonyl (C=O) groups excluding carboxylic acids is 2.